The van der Waals surface area contributed by atoms with E-state index >= 15 is 0 Å². The first kappa shape index (κ1) is 23.6. The monoisotopic (exact) mass is 442 g/mol. The van der Waals surface area contributed by atoms with Gasteiger partial charge in [0, 0.05) is 32.7 Å². The van der Waals surface area contributed by atoms with Gasteiger partial charge < -0.3 is 23.7 Å². The Kier molecular flexibility index (Phi) is 8.19. The zero-order valence-corrected chi connectivity index (χ0v) is 17.7. The van der Waals surface area contributed by atoms with Crippen molar-refractivity contribution in [1.82, 2.24) is 0 Å². The number of hydrogen-bond acceptors (Lipinski definition) is 9. The molecular formula is C20H23ClO9. The summed E-state index contributed by atoms with van der Waals surface area (Å²) in [6.45, 7) is 4.46. The number of hydrogen-bond donors (Lipinski definition) is 0. The number of ether oxygens (including phenoxy) is 5. The van der Waals surface area contributed by atoms with Gasteiger partial charge in [-0.2, -0.15) is 0 Å². The molecule has 30 heavy (non-hydrogen) atoms. The molecule has 0 amide bonds. The molecule has 0 aromatic heterocycles. The normalized spacial score (nSPS) is 25.7. The van der Waals surface area contributed by atoms with Crippen molar-refractivity contribution in [3.05, 3.63) is 34.9 Å². The van der Waals surface area contributed by atoms with E-state index in [0.29, 0.717) is 10.6 Å². The van der Waals surface area contributed by atoms with Crippen LogP contribution in [0.4, 0.5) is 0 Å². The maximum Gasteiger partial charge on any atom is 0.303 e. The second-order valence-electron chi connectivity index (χ2n) is 6.67. The highest BCUT2D eigenvalue weighted by Gasteiger charge is 2.52. The summed E-state index contributed by atoms with van der Waals surface area (Å²) in [5.74, 6) is -2.59. The fourth-order valence-electron chi connectivity index (χ4n) is 3.15. The molecule has 2 rings (SSSR count). The molecule has 0 bridgehead atoms. The molecule has 1 heterocycles. The van der Waals surface area contributed by atoms with Crippen LogP contribution in [0, 0.1) is 0 Å². The Bertz CT molecular complexity index is 792. The molecular weight excluding hydrogens is 420 g/mol. The predicted octanol–water partition coefficient (Wildman–Crippen LogP) is 2.14. The van der Waals surface area contributed by atoms with Crippen LogP contribution in [0.2, 0.25) is 5.02 Å². The average molecular weight is 443 g/mol. The fraction of sp³-hybridized carbons (Fsp3) is 0.500. The van der Waals surface area contributed by atoms with Gasteiger partial charge >= 0.3 is 23.9 Å². The van der Waals surface area contributed by atoms with Crippen molar-refractivity contribution in [2.45, 2.75) is 58.2 Å². The maximum atomic E-state index is 11.8. The van der Waals surface area contributed by atoms with Crippen molar-refractivity contribution in [3.8, 4) is 0 Å². The van der Waals surface area contributed by atoms with Crippen LogP contribution in [0.3, 0.4) is 0 Å². The summed E-state index contributed by atoms with van der Waals surface area (Å²) in [5.41, 5.74) is 0.567. The molecule has 1 aliphatic rings. The van der Waals surface area contributed by atoms with E-state index in [1.165, 1.54) is 27.7 Å². The van der Waals surface area contributed by atoms with Crippen LogP contribution < -0.4 is 0 Å². The molecule has 1 aliphatic heterocycles. The van der Waals surface area contributed by atoms with Crippen LogP contribution in [-0.4, -0.2) is 54.9 Å². The Morgan fingerprint density at radius 2 is 1.30 bits per heavy atom. The maximum absolute atomic E-state index is 11.8. The van der Waals surface area contributed by atoms with Crippen molar-refractivity contribution < 1.29 is 42.9 Å². The van der Waals surface area contributed by atoms with E-state index in [1.54, 1.807) is 24.3 Å². The molecule has 0 N–H and O–H groups in total. The highest BCUT2D eigenvalue weighted by molar-refractivity contribution is 6.30. The van der Waals surface area contributed by atoms with Gasteiger partial charge in [-0.25, -0.2) is 0 Å². The summed E-state index contributed by atoms with van der Waals surface area (Å²) in [4.78, 5) is 46.6. The third-order valence-electron chi connectivity index (χ3n) is 4.19. The first-order chi connectivity index (χ1) is 14.1. The Hall–Kier alpha value is -2.65. The van der Waals surface area contributed by atoms with Gasteiger partial charge in [-0.05, 0) is 17.7 Å². The number of rotatable bonds is 6. The lowest BCUT2D eigenvalue weighted by Crippen LogP contribution is -2.59. The van der Waals surface area contributed by atoms with E-state index in [-0.39, 0.29) is 6.61 Å². The minimum atomic E-state index is -1.20. The lowest BCUT2D eigenvalue weighted by Gasteiger charge is -2.44. The van der Waals surface area contributed by atoms with Gasteiger partial charge in [0.25, 0.3) is 0 Å². The molecule has 0 saturated carbocycles. The van der Waals surface area contributed by atoms with Gasteiger partial charge in [0.1, 0.15) is 18.8 Å². The first-order valence-corrected chi connectivity index (χ1v) is 9.52. The average Bonchev–Trinajstić information content (AvgIpc) is 2.63. The third kappa shape index (κ3) is 6.43. The molecule has 5 atom stereocenters. The zero-order valence-electron chi connectivity index (χ0n) is 17.0. The number of benzene rings is 1. The van der Waals surface area contributed by atoms with Crippen molar-refractivity contribution in [2.75, 3.05) is 6.61 Å². The van der Waals surface area contributed by atoms with E-state index in [1.807, 2.05) is 0 Å². The number of esters is 4. The Morgan fingerprint density at radius 1 is 0.800 bits per heavy atom. The summed E-state index contributed by atoms with van der Waals surface area (Å²) in [7, 11) is 0. The topological polar surface area (TPSA) is 114 Å². The van der Waals surface area contributed by atoms with Gasteiger partial charge in [0.05, 0.1) is 0 Å². The zero-order chi connectivity index (χ0) is 22.4. The van der Waals surface area contributed by atoms with Crippen LogP contribution in [0.15, 0.2) is 24.3 Å². The van der Waals surface area contributed by atoms with Crippen LogP contribution in [0.1, 0.15) is 39.4 Å². The predicted molar refractivity (Wildman–Crippen MR) is 102 cm³/mol. The highest BCUT2D eigenvalue weighted by Crippen LogP contribution is 2.37. The van der Waals surface area contributed by atoms with Gasteiger partial charge in [-0.15, -0.1) is 0 Å². The van der Waals surface area contributed by atoms with Crippen LogP contribution >= 0.6 is 11.6 Å². The largest absolute Gasteiger partial charge is 0.463 e. The van der Waals surface area contributed by atoms with E-state index < -0.39 is 54.4 Å². The SMILES string of the molecule is CC(=O)OC[C@H]1O[C@@H](c2ccc(Cl)cc2)[C@H](OC(C)=O)[C@@H](OC(C)=O)[C@@H]1OC(C)=O. The number of carbonyl (C=O) groups excluding carboxylic acids is 4. The molecule has 1 aromatic carbocycles. The van der Waals surface area contributed by atoms with Crippen molar-refractivity contribution in [1.29, 1.82) is 0 Å². The number of halogens is 1. The van der Waals surface area contributed by atoms with E-state index in [4.69, 9.17) is 35.3 Å². The standard InChI is InChI=1S/C20H23ClO9/c1-10(22)26-9-16-18(27-11(2)23)20(29-13(4)25)19(28-12(3)24)17(30-16)14-5-7-15(21)8-6-14/h5-8,16-20H,9H2,1-4H3/t16-,17+,18-,19+,20+/m1/s1. The van der Waals surface area contributed by atoms with Gasteiger partial charge in [0.2, 0.25) is 0 Å². The van der Waals surface area contributed by atoms with E-state index in [0.717, 1.165) is 0 Å². The molecule has 0 radical (unpaired) electrons. The molecule has 0 unspecified atom stereocenters. The van der Waals surface area contributed by atoms with E-state index in [9.17, 15) is 19.2 Å². The molecule has 0 spiro atoms. The second-order valence-corrected chi connectivity index (χ2v) is 7.11. The molecule has 1 fully saturated rings. The summed E-state index contributed by atoms with van der Waals surface area (Å²) >= 11 is 5.95. The highest BCUT2D eigenvalue weighted by atomic mass is 35.5. The Balaban J connectivity index is 2.51. The fourth-order valence-corrected chi connectivity index (χ4v) is 3.28. The summed E-state index contributed by atoms with van der Waals surface area (Å²) < 4.78 is 27.2. The van der Waals surface area contributed by atoms with Gasteiger partial charge in [0.15, 0.2) is 18.3 Å². The molecule has 0 aliphatic carbocycles. The smallest absolute Gasteiger partial charge is 0.303 e. The molecule has 9 nitrogen and oxygen atoms in total. The van der Waals surface area contributed by atoms with Crippen LogP contribution in [0.5, 0.6) is 0 Å². The van der Waals surface area contributed by atoms with Crippen molar-refractivity contribution in [3.63, 3.8) is 0 Å². The number of carbonyl (C=O) groups is 4. The van der Waals surface area contributed by atoms with Crippen LogP contribution in [-0.2, 0) is 42.9 Å². The Morgan fingerprint density at radius 3 is 1.80 bits per heavy atom. The lowest BCUT2D eigenvalue weighted by atomic mass is 9.90. The first-order valence-electron chi connectivity index (χ1n) is 9.14. The molecule has 1 aromatic rings. The molecule has 10 heteroatoms. The Labute approximate surface area is 178 Å². The van der Waals surface area contributed by atoms with Crippen molar-refractivity contribution >= 4 is 35.5 Å². The minimum absolute atomic E-state index is 0.276. The van der Waals surface area contributed by atoms with Crippen LogP contribution in [0.25, 0.3) is 0 Å². The van der Waals surface area contributed by atoms with E-state index in [2.05, 4.69) is 0 Å². The quantitative estimate of drug-likeness (QED) is 0.482. The van der Waals surface area contributed by atoms with Gasteiger partial charge in [-0.3, -0.25) is 19.2 Å². The summed E-state index contributed by atoms with van der Waals surface area (Å²) in [6.07, 6.45) is -5.42. The third-order valence-corrected chi connectivity index (χ3v) is 4.44. The molecule has 1 saturated heterocycles. The molecule has 164 valence electrons. The summed E-state index contributed by atoms with van der Waals surface area (Å²) in [5, 5.41) is 0.476. The lowest BCUT2D eigenvalue weighted by molar-refractivity contribution is -0.254. The second kappa shape index (κ2) is 10.4. The summed E-state index contributed by atoms with van der Waals surface area (Å²) in [6, 6.07) is 6.54. The van der Waals surface area contributed by atoms with Gasteiger partial charge in [-0.1, -0.05) is 23.7 Å². The minimum Gasteiger partial charge on any atom is -0.463 e. The van der Waals surface area contributed by atoms with Crippen molar-refractivity contribution in [2.24, 2.45) is 0 Å².